The second kappa shape index (κ2) is 13.4. The average molecular weight is 537 g/mol. The van der Waals surface area contributed by atoms with Crippen molar-refractivity contribution in [3.63, 3.8) is 0 Å². The average Bonchev–Trinajstić information content (AvgIpc) is 3.06. The maximum absolute atomic E-state index is 5.47. The number of pyridine rings is 1. The van der Waals surface area contributed by atoms with Crippen molar-refractivity contribution >= 4 is 35.8 Å². The third-order valence-corrected chi connectivity index (χ3v) is 5.55. The molecular formula is C24H36IN5O. The summed E-state index contributed by atoms with van der Waals surface area (Å²) < 4.78 is 5.47. The first kappa shape index (κ1) is 25.2. The highest BCUT2D eigenvalue weighted by molar-refractivity contribution is 14.0. The van der Waals surface area contributed by atoms with Gasteiger partial charge in [-0.1, -0.05) is 36.6 Å². The number of ether oxygens (including phenoxy) is 1. The van der Waals surface area contributed by atoms with Gasteiger partial charge in [-0.3, -0.25) is 4.99 Å². The Morgan fingerprint density at radius 3 is 2.52 bits per heavy atom. The molecule has 2 heterocycles. The molecule has 170 valence electrons. The molecule has 0 amide bonds. The summed E-state index contributed by atoms with van der Waals surface area (Å²) in [6.07, 6.45) is 8.04. The number of methoxy groups -OCH3 is 1. The SMILES string of the molecule is CN=C(NCCc1cc(C)ccc1OC)NCc1ccc(N2CCCCCC2)nc1.I. The van der Waals surface area contributed by atoms with Crippen LogP contribution in [0.5, 0.6) is 5.75 Å². The number of nitrogens with zero attached hydrogens (tertiary/aromatic N) is 3. The third kappa shape index (κ3) is 7.87. The van der Waals surface area contributed by atoms with Gasteiger partial charge in [0.15, 0.2) is 5.96 Å². The number of aryl methyl sites for hydroxylation is 1. The molecule has 1 aromatic heterocycles. The van der Waals surface area contributed by atoms with Crippen molar-refractivity contribution in [3.8, 4) is 5.75 Å². The Hall–Kier alpha value is -2.03. The van der Waals surface area contributed by atoms with Crippen LogP contribution < -0.4 is 20.3 Å². The normalized spacial score (nSPS) is 14.4. The molecule has 0 bridgehead atoms. The molecule has 2 aromatic rings. The summed E-state index contributed by atoms with van der Waals surface area (Å²) in [7, 11) is 3.51. The molecule has 1 saturated heterocycles. The predicted octanol–water partition coefficient (Wildman–Crippen LogP) is 4.30. The molecule has 0 saturated carbocycles. The number of aromatic nitrogens is 1. The summed E-state index contributed by atoms with van der Waals surface area (Å²) in [6.45, 7) is 5.81. The number of hydrogen-bond acceptors (Lipinski definition) is 4. The van der Waals surface area contributed by atoms with Gasteiger partial charge >= 0.3 is 0 Å². The zero-order valence-electron chi connectivity index (χ0n) is 19.0. The van der Waals surface area contributed by atoms with Gasteiger partial charge in [-0.15, -0.1) is 24.0 Å². The number of benzene rings is 1. The summed E-state index contributed by atoms with van der Waals surface area (Å²) in [5.74, 6) is 2.81. The minimum Gasteiger partial charge on any atom is -0.496 e. The van der Waals surface area contributed by atoms with Crippen LogP contribution in [-0.4, -0.2) is 44.7 Å². The first-order valence-corrected chi connectivity index (χ1v) is 11.0. The molecule has 2 N–H and O–H groups in total. The predicted molar refractivity (Wildman–Crippen MR) is 140 cm³/mol. The largest absolute Gasteiger partial charge is 0.496 e. The van der Waals surface area contributed by atoms with Crippen molar-refractivity contribution in [1.29, 1.82) is 0 Å². The van der Waals surface area contributed by atoms with Crippen molar-refractivity contribution in [3.05, 3.63) is 53.2 Å². The number of rotatable bonds is 7. The lowest BCUT2D eigenvalue weighted by atomic mass is 10.1. The Morgan fingerprint density at radius 1 is 1.10 bits per heavy atom. The van der Waals surface area contributed by atoms with Gasteiger partial charge in [-0.2, -0.15) is 0 Å². The van der Waals surface area contributed by atoms with Crippen LogP contribution in [0.1, 0.15) is 42.4 Å². The van der Waals surface area contributed by atoms with Crippen LogP contribution in [0.3, 0.4) is 0 Å². The number of hydrogen-bond donors (Lipinski definition) is 2. The minimum absolute atomic E-state index is 0. The molecule has 6 nitrogen and oxygen atoms in total. The molecule has 0 aliphatic carbocycles. The quantitative estimate of drug-likeness (QED) is 0.313. The first-order valence-electron chi connectivity index (χ1n) is 11.0. The fourth-order valence-electron chi connectivity index (χ4n) is 3.83. The summed E-state index contributed by atoms with van der Waals surface area (Å²) in [6, 6.07) is 10.6. The summed E-state index contributed by atoms with van der Waals surface area (Å²) in [5.41, 5.74) is 3.59. The zero-order valence-corrected chi connectivity index (χ0v) is 21.3. The number of halogens is 1. The van der Waals surface area contributed by atoms with Crippen LogP contribution in [-0.2, 0) is 13.0 Å². The number of anilines is 1. The maximum Gasteiger partial charge on any atom is 0.191 e. The number of guanidine groups is 1. The highest BCUT2D eigenvalue weighted by Gasteiger charge is 2.11. The smallest absolute Gasteiger partial charge is 0.191 e. The van der Waals surface area contributed by atoms with Crippen LogP contribution in [0.2, 0.25) is 0 Å². The Bertz CT molecular complexity index is 817. The van der Waals surface area contributed by atoms with E-state index in [1.165, 1.54) is 36.8 Å². The third-order valence-electron chi connectivity index (χ3n) is 5.55. The van der Waals surface area contributed by atoms with E-state index in [4.69, 9.17) is 4.74 Å². The van der Waals surface area contributed by atoms with Gasteiger partial charge in [-0.05, 0) is 49.4 Å². The van der Waals surface area contributed by atoms with E-state index in [1.807, 2.05) is 12.3 Å². The molecule has 31 heavy (non-hydrogen) atoms. The van der Waals surface area contributed by atoms with E-state index in [0.29, 0.717) is 6.54 Å². The van der Waals surface area contributed by atoms with Crippen molar-refractivity contribution in [2.24, 2.45) is 4.99 Å². The first-order chi connectivity index (χ1) is 14.7. The van der Waals surface area contributed by atoms with Gasteiger partial charge in [0.1, 0.15) is 11.6 Å². The molecule has 1 fully saturated rings. The van der Waals surface area contributed by atoms with Crippen LogP contribution >= 0.6 is 24.0 Å². The standard InChI is InChI=1S/C24H35N5O.HI/c1-19-8-10-22(30-3)21(16-19)12-13-26-24(25-2)28-18-20-9-11-23(27-17-20)29-14-6-4-5-7-15-29;/h8-11,16-17H,4-7,12-15,18H2,1-3H3,(H2,25,26,28);1H. The van der Waals surface area contributed by atoms with Gasteiger partial charge in [0, 0.05) is 39.4 Å². The van der Waals surface area contributed by atoms with Gasteiger partial charge in [0.2, 0.25) is 0 Å². The van der Waals surface area contributed by atoms with Crippen LogP contribution in [0.4, 0.5) is 5.82 Å². The lowest BCUT2D eigenvalue weighted by Crippen LogP contribution is -2.37. The molecule has 0 unspecified atom stereocenters. The van der Waals surface area contributed by atoms with E-state index in [1.54, 1.807) is 14.2 Å². The Labute approximate surface area is 203 Å². The molecule has 1 aliphatic heterocycles. The molecule has 0 spiro atoms. The van der Waals surface area contributed by atoms with Crippen LogP contribution in [0, 0.1) is 6.92 Å². The Kier molecular flexibility index (Phi) is 10.9. The van der Waals surface area contributed by atoms with Gasteiger partial charge in [-0.25, -0.2) is 4.98 Å². The Balaban J connectivity index is 0.00000341. The highest BCUT2D eigenvalue weighted by Crippen LogP contribution is 2.20. The molecular weight excluding hydrogens is 501 g/mol. The summed E-state index contributed by atoms with van der Waals surface area (Å²) in [5, 5.41) is 6.76. The highest BCUT2D eigenvalue weighted by atomic mass is 127. The molecule has 3 rings (SSSR count). The fourth-order valence-corrected chi connectivity index (χ4v) is 3.83. The second-order valence-electron chi connectivity index (χ2n) is 7.84. The minimum atomic E-state index is 0. The van der Waals surface area contributed by atoms with Crippen molar-refractivity contribution in [2.75, 3.05) is 38.7 Å². The van der Waals surface area contributed by atoms with E-state index in [2.05, 4.69) is 56.7 Å². The number of nitrogens with one attached hydrogen (secondary N) is 2. The van der Waals surface area contributed by atoms with E-state index in [9.17, 15) is 0 Å². The topological polar surface area (TPSA) is 61.8 Å². The van der Waals surface area contributed by atoms with Crippen LogP contribution in [0.15, 0.2) is 41.5 Å². The van der Waals surface area contributed by atoms with Crippen molar-refractivity contribution < 1.29 is 4.74 Å². The van der Waals surface area contributed by atoms with Crippen molar-refractivity contribution in [2.45, 2.75) is 45.6 Å². The second-order valence-corrected chi connectivity index (χ2v) is 7.84. The van der Waals surface area contributed by atoms with E-state index in [-0.39, 0.29) is 24.0 Å². The zero-order chi connectivity index (χ0) is 21.2. The van der Waals surface area contributed by atoms with Crippen LogP contribution in [0.25, 0.3) is 0 Å². The van der Waals surface area contributed by atoms with Gasteiger partial charge < -0.3 is 20.3 Å². The Morgan fingerprint density at radius 2 is 1.87 bits per heavy atom. The van der Waals surface area contributed by atoms with Gasteiger partial charge in [0.05, 0.1) is 7.11 Å². The van der Waals surface area contributed by atoms with Gasteiger partial charge in [0.25, 0.3) is 0 Å². The lowest BCUT2D eigenvalue weighted by Gasteiger charge is -2.21. The molecule has 0 atom stereocenters. The van der Waals surface area contributed by atoms with E-state index >= 15 is 0 Å². The maximum atomic E-state index is 5.47. The fraction of sp³-hybridized carbons (Fsp3) is 0.500. The molecule has 1 aromatic carbocycles. The number of aliphatic imine (C=N–C) groups is 1. The summed E-state index contributed by atoms with van der Waals surface area (Å²) >= 11 is 0. The molecule has 1 aliphatic rings. The monoisotopic (exact) mass is 537 g/mol. The summed E-state index contributed by atoms with van der Waals surface area (Å²) in [4.78, 5) is 11.4. The lowest BCUT2D eigenvalue weighted by molar-refractivity contribution is 0.409. The van der Waals surface area contributed by atoms with Crippen molar-refractivity contribution in [1.82, 2.24) is 15.6 Å². The van der Waals surface area contributed by atoms with E-state index < -0.39 is 0 Å². The molecule has 7 heteroatoms. The van der Waals surface area contributed by atoms with E-state index in [0.717, 1.165) is 49.1 Å². The molecule has 0 radical (unpaired) electrons.